The highest BCUT2D eigenvalue weighted by molar-refractivity contribution is 7.18. The first kappa shape index (κ1) is 16.8. The number of rotatable bonds is 4. The van der Waals surface area contributed by atoms with E-state index in [9.17, 15) is 4.79 Å². The number of benzene rings is 2. The minimum absolute atomic E-state index is 0.196. The van der Waals surface area contributed by atoms with Crippen LogP contribution in [0.3, 0.4) is 0 Å². The fraction of sp³-hybridized carbons (Fsp3) is 0.158. The number of anilines is 1. The van der Waals surface area contributed by atoms with Crippen LogP contribution in [0, 0.1) is 0 Å². The van der Waals surface area contributed by atoms with Crippen LogP contribution in [0.5, 0.6) is 0 Å². The average Bonchev–Trinajstić information content (AvgIpc) is 3.30. The van der Waals surface area contributed by atoms with Gasteiger partial charge in [-0.3, -0.25) is 10.1 Å². The van der Waals surface area contributed by atoms with Crippen molar-refractivity contribution in [3.8, 4) is 10.6 Å². The molecule has 26 heavy (non-hydrogen) atoms. The third-order valence-corrected chi connectivity index (χ3v) is 5.74. The standard InChI is InChI=1S/C19H16N4OS2/c1-11(2)12-3-5-13(6-4-12)18-22-23-19(26-18)21-17(24)14-7-8-15-16(9-14)25-10-20-15/h3-11H,1-2H3,(H,21,23,24). The molecule has 0 aliphatic carbocycles. The van der Waals surface area contributed by atoms with E-state index >= 15 is 0 Å². The number of hydrogen-bond acceptors (Lipinski definition) is 6. The van der Waals surface area contributed by atoms with Gasteiger partial charge in [0.1, 0.15) is 5.01 Å². The Bertz CT molecular complexity index is 1070. The van der Waals surface area contributed by atoms with Gasteiger partial charge < -0.3 is 0 Å². The molecule has 130 valence electrons. The molecule has 0 radical (unpaired) electrons. The van der Waals surface area contributed by atoms with Gasteiger partial charge in [0.15, 0.2) is 0 Å². The van der Waals surface area contributed by atoms with Gasteiger partial charge in [-0.25, -0.2) is 4.98 Å². The third kappa shape index (κ3) is 3.36. The van der Waals surface area contributed by atoms with E-state index < -0.39 is 0 Å². The summed E-state index contributed by atoms with van der Waals surface area (Å²) in [6.45, 7) is 4.33. The van der Waals surface area contributed by atoms with E-state index in [0.29, 0.717) is 16.6 Å². The molecule has 0 saturated carbocycles. The van der Waals surface area contributed by atoms with Gasteiger partial charge in [0.2, 0.25) is 5.13 Å². The zero-order valence-electron chi connectivity index (χ0n) is 14.3. The van der Waals surface area contributed by atoms with Crippen LogP contribution in [0.2, 0.25) is 0 Å². The second-order valence-corrected chi connectivity index (χ2v) is 8.04. The van der Waals surface area contributed by atoms with Crippen molar-refractivity contribution in [2.45, 2.75) is 19.8 Å². The molecule has 0 saturated heterocycles. The molecule has 0 spiro atoms. The Morgan fingerprint density at radius 2 is 1.88 bits per heavy atom. The van der Waals surface area contributed by atoms with E-state index in [-0.39, 0.29) is 5.91 Å². The predicted octanol–water partition coefficient (Wildman–Crippen LogP) is 5.19. The van der Waals surface area contributed by atoms with E-state index in [1.807, 2.05) is 24.3 Å². The van der Waals surface area contributed by atoms with Gasteiger partial charge in [0.25, 0.3) is 5.91 Å². The van der Waals surface area contributed by atoms with Crippen molar-refractivity contribution in [3.63, 3.8) is 0 Å². The lowest BCUT2D eigenvalue weighted by molar-refractivity contribution is 0.102. The lowest BCUT2D eigenvalue weighted by Gasteiger charge is -2.04. The van der Waals surface area contributed by atoms with Crippen LogP contribution in [-0.2, 0) is 0 Å². The van der Waals surface area contributed by atoms with Gasteiger partial charge in [0, 0.05) is 11.1 Å². The van der Waals surface area contributed by atoms with Crippen LogP contribution in [-0.4, -0.2) is 21.1 Å². The number of nitrogens with zero attached hydrogens (tertiary/aromatic N) is 3. The van der Waals surface area contributed by atoms with Crippen LogP contribution in [0.25, 0.3) is 20.8 Å². The minimum Gasteiger partial charge on any atom is -0.296 e. The summed E-state index contributed by atoms with van der Waals surface area (Å²) in [5, 5.41) is 12.4. The monoisotopic (exact) mass is 380 g/mol. The molecule has 1 N–H and O–H groups in total. The highest BCUT2D eigenvalue weighted by Crippen LogP contribution is 2.28. The molecule has 1 amide bonds. The Morgan fingerprint density at radius 3 is 2.65 bits per heavy atom. The molecule has 0 atom stereocenters. The Kier molecular flexibility index (Phi) is 4.48. The topological polar surface area (TPSA) is 67.8 Å². The summed E-state index contributed by atoms with van der Waals surface area (Å²) in [7, 11) is 0. The normalized spacial score (nSPS) is 11.2. The molecule has 0 aliphatic heterocycles. The van der Waals surface area contributed by atoms with Crippen molar-refractivity contribution < 1.29 is 4.79 Å². The zero-order valence-corrected chi connectivity index (χ0v) is 15.9. The zero-order chi connectivity index (χ0) is 18.1. The van der Waals surface area contributed by atoms with Crippen LogP contribution in [0.15, 0.2) is 48.0 Å². The number of carbonyl (C=O) groups is 1. The van der Waals surface area contributed by atoms with Gasteiger partial charge in [-0.2, -0.15) is 0 Å². The van der Waals surface area contributed by atoms with Gasteiger partial charge in [-0.15, -0.1) is 21.5 Å². The van der Waals surface area contributed by atoms with Crippen LogP contribution >= 0.6 is 22.7 Å². The molecule has 4 rings (SSSR count). The summed E-state index contributed by atoms with van der Waals surface area (Å²) in [6.07, 6.45) is 0. The molecular weight excluding hydrogens is 364 g/mol. The van der Waals surface area contributed by atoms with E-state index in [4.69, 9.17) is 0 Å². The molecule has 2 aromatic carbocycles. The first-order valence-corrected chi connectivity index (χ1v) is 9.88. The lowest BCUT2D eigenvalue weighted by atomic mass is 10.0. The lowest BCUT2D eigenvalue weighted by Crippen LogP contribution is -2.11. The Morgan fingerprint density at radius 1 is 1.08 bits per heavy atom. The maximum absolute atomic E-state index is 12.5. The van der Waals surface area contributed by atoms with Crippen molar-refractivity contribution in [1.29, 1.82) is 0 Å². The second kappa shape index (κ2) is 6.93. The van der Waals surface area contributed by atoms with E-state index in [1.165, 1.54) is 28.2 Å². The molecule has 7 heteroatoms. The van der Waals surface area contributed by atoms with Gasteiger partial charge >= 0.3 is 0 Å². The molecule has 0 fully saturated rings. The average molecular weight is 380 g/mol. The van der Waals surface area contributed by atoms with Gasteiger partial charge in [-0.05, 0) is 29.7 Å². The second-order valence-electron chi connectivity index (χ2n) is 6.18. The van der Waals surface area contributed by atoms with E-state index in [1.54, 1.807) is 11.6 Å². The van der Waals surface area contributed by atoms with E-state index in [0.717, 1.165) is 20.8 Å². The van der Waals surface area contributed by atoms with Gasteiger partial charge in [-0.1, -0.05) is 49.4 Å². The van der Waals surface area contributed by atoms with Crippen molar-refractivity contribution in [3.05, 3.63) is 59.1 Å². The molecule has 5 nitrogen and oxygen atoms in total. The maximum Gasteiger partial charge on any atom is 0.257 e. The highest BCUT2D eigenvalue weighted by Gasteiger charge is 2.12. The summed E-state index contributed by atoms with van der Waals surface area (Å²) < 4.78 is 0.987. The van der Waals surface area contributed by atoms with Crippen molar-refractivity contribution >= 4 is 43.9 Å². The number of amides is 1. The SMILES string of the molecule is CC(C)c1ccc(-c2nnc(NC(=O)c3ccc4ncsc4c3)s2)cc1. The summed E-state index contributed by atoms with van der Waals surface area (Å²) in [4.78, 5) is 16.7. The van der Waals surface area contributed by atoms with E-state index in [2.05, 4.69) is 46.5 Å². The number of fused-ring (bicyclic) bond motifs is 1. The minimum atomic E-state index is -0.196. The number of thiazole rings is 1. The number of nitrogens with one attached hydrogen (secondary N) is 1. The molecule has 4 aromatic rings. The fourth-order valence-electron chi connectivity index (χ4n) is 2.57. The summed E-state index contributed by atoms with van der Waals surface area (Å²) >= 11 is 2.88. The molecule has 2 heterocycles. The Labute approximate surface area is 158 Å². The van der Waals surface area contributed by atoms with Crippen LogP contribution in [0.4, 0.5) is 5.13 Å². The van der Waals surface area contributed by atoms with Gasteiger partial charge in [0.05, 0.1) is 15.7 Å². The van der Waals surface area contributed by atoms with Crippen LogP contribution in [0.1, 0.15) is 35.7 Å². The fourth-order valence-corrected chi connectivity index (χ4v) is 4.03. The summed E-state index contributed by atoms with van der Waals surface area (Å²) in [6, 6.07) is 13.7. The molecule has 0 bridgehead atoms. The Balaban J connectivity index is 1.51. The largest absolute Gasteiger partial charge is 0.296 e. The third-order valence-electron chi connectivity index (χ3n) is 4.06. The maximum atomic E-state index is 12.5. The summed E-state index contributed by atoms with van der Waals surface area (Å²) in [5.41, 5.74) is 5.53. The number of aromatic nitrogens is 3. The number of carbonyl (C=O) groups excluding carboxylic acids is 1. The number of hydrogen-bond donors (Lipinski definition) is 1. The van der Waals surface area contributed by atoms with Crippen molar-refractivity contribution in [2.24, 2.45) is 0 Å². The molecule has 0 aliphatic rings. The van der Waals surface area contributed by atoms with Crippen LogP contribution < -0.4 is 5.32 Å². The Hall–Kier alpha value is -2.64. The first-order valence-electron chi connectivity index (χ1n) is 8.18. The molecule has 2 aromatic heterocycles. The smallest absolute Gasteiger partial charge is 0.257 e. The first-order chi connectivity index (χ1) is 12.6. The summed E-state index contributed by atoms with van der Waals surface area (Å²) in [5.74, 6) is 0.294. The quantitative estimate of drug-likeness (QED) is 0.529. The van der Waals surface area contributed by atoms with Crippen molar-refractivity contribution in [1.82, 2.24) is 15.2 Å². The highest BCUT2D eigenvalue weighted by atomic mass is 32.1. The molecular formula is C19H16N4OS2. The predicted molar refractivity (Wildman–Crippen MR) is 107 cm³/mol. The molecule has 0 unspecified atom stereocenters. The van der Waals surface area contributed by atoms with Crippen molar-refractivity contribution in [2.75, 3.05) is 5.32 Å².